The Morgan fingerprint density at radius 1 is 1.56 bits per heavy atom. The van der Waals surface area contributed by atoms with Crippen molar-refractivity contribution in [1.29, 1.82) is 0 Å². The number of hydrogen-bond donors (Lipinski definition) is 1. The minimum Gasteiger partial charge on any atom is -0.381 e. The molecule has 0 spiro atoms. The maximum Gasteiger partial charge on any atom is 0.0652 e. The molecule has 0 bridgehead atoms. The van der Waals surface area contributed by atoms with E-state index in [4.69, 9.17) is 4.74 Å². The summed E-state index contributed by atoms with van der Waals surface area (Å²) in [4.78, 5) is 0. The van der Waals surface area contributed by atoms with E-state index in [0.717, 1.165) is 6.42 Å². The number of hydrogen-bond acceptors (Lipinski definition) is 3. The molecule has 2 rings (SSSR count). The van der Waals surface area contributed by atoms with Crippen LogP contribution in [0.25, 0.3) is 0 Å². The molecule has 3 atom stereocenters. The number of ether oxygens (including phenoxy) is 1. The van der Waals surface area contributed by atoms with Gasteiger partial charge in [-0.05, 0) is 35.7 Å². The van der Waals surface area contributed by atoms with Crippen molar-refractivity contribution >= 4 is 11.3 Å². The van der Waals surface area contributed by atoms with E-state index < -0.39 is 0 Å². The maximum absolute atomic E-state index is 5.47. The molecule has 3 heteroatoms. The topological polar surface area (TPSA) is 21.3 Å². The lowest BCUT2D eigenvalue weighted by Crippen LogP contribution is -2.60. The van der Waals surface area contributed by atoms with Crippen molar-refractivity contribution in [2.24, 2.45) is 5.41 Å². The van der Waals surface area contributed by atoms with Crippen molar-refractivity contribution in [1.82, 2.24) is 5.32 Å². The highest BCUT2D eigenvalue weighted by molar-refractivity contribution is 7.07. The third-order valence-corrected chi connectivity index (χ3v) is 4.66. The fourth-order valence-corrected chi connectivity index (χ4v) is 3.24. The number of thiophene rings is 1. The fraction of sp³-hybridized carbons (Fsp3) is 0.692. The molecule has 0 saturated heterocycles. The number of rotatable bonds is 4. The molecule has 0 aromatic carbocycles. The quantitative estimate of drug-likeness (QED) is 0.871. The molecule has 1 saturated carbocycles. The molecule has 16 heavy (non-hydrogen) atoms. The van der Waals surface area contributed by atoms with Crippen LogP contribution < -0.4 is 5.32 Å². The van der Waals surface area contributed by atoms with Gasteiger partial charge in [0.05, 0.1) is 6.10 Å². The Bertz CT molecular complexity index is 334. The van der Waals surface area contributed by atoms with Gasteiger partial charge in [-0.3, -0.25) is 0 Å². The van der Waals surface area contributed by atoms with Gasteiger partial charge in [0.25, 0.3) is 0 Å². The third-order valence-electron chi connectivity index (χ3n) is 3.96. The van der Waals surface area contributed by atoms with Crippen molar-refractivity contribution in [3.8, 4) is 0 Å². The van der Waals surface area contributed by atoms with Crippen molar-refractivity contribution < 1.29 is 4.74 Å². The first kappa shape index (κ1) is 12.1. The first-order valence-corrected chi connectivity index (χ1v) is 6.81. The first-order valence-electron chi connectivity index (χ1n) is 5.86. The zero-order valence-electron chi connectivity index (χ0n) is 10.5. The molecule has 1 aromatic rings. The lowest BCUT2D eigenvalue weighted by atomic mass is 9.64. The summed E-state index contributed by atoms with van der Waals surface area (Å²) < 4.78 is 5.47. The van der Waals surface area contributed by atoms with E-state index in [1.54, 1.807) is 11.3 Å². The minimum atomic E-state index is 0.249. The number of methoxy groups -OCH3 is 1. The molecular weight excluding hydrogens is 218 g/mol. The zero-order chi connectivity index (χ0) is 11.8. The van der Waals surface area contributed by atoms with Gasteiger partial charge < -0.3 is 10.1 Å². The molecule has 0 aliphatic heterocycles. The Labute approximate surface area is 102 Å². The summed E-state index contributed by atoms with van der Waals surface area (Å²) in [7, 11) is 1.81. The zero-order valence-corrected chi connectivity index (χ0v) is 11.3. The van der Waals surface area contributed by atoms with Crippen LogP contribution in [0.5, 0.6) is 0 Å². The molecular formula is C13H21NOS. The van der Waals surface area contributed by atoms with Crippen molar-refractivity contribution in [3.05, 3.63) is 22.4 Å². The van der Waals surface area contributed by atoms with Gasteiger partial charge >= 0.3 is 0 Å². The second-order valence-electron chi connectivity index (χ2n) is 5.28. The smallest absolute Gasteiger partial charge is 0.0652 e. The average molecular weight is 239 g/mol. The van der Waals surface area contributed by atoms with Crippen LogP contribution >= 0.6 is 11.3 Å². The van der Waals surface area contributed by atoms with Crippen molar-refractivity contribution in [2.75, 3.05) is 7.11 Å². The van der Waals surface area contributed by atoms with E-state index in [0.29, 0.717) is 18.2 Å². The first-order chi connectivity index (χ1) is 7.55. The molecule has 0 radical (unpaired) electrons. The van der Waals surface area contributed by atoms with Gasteiger partial charge in [0.15, 0.2) is 0 Å². The van der Waals surface area contributed by atoms with E-state index in [1.807, 2.05) is 7.11 Å². The van der Waals surface area contributed by atoms with E-state index in [1.165, 1.54) is 5.56 Å². The van der Waals surface area contributed by atoms with Crippen LogP contribution in [-0.2, 0) is 4.74 Å². The molecule has 1 heterocycles. The van der Waals surface area contributed by atoms with Crippen LogP contribution in [0.1, 0.15) is 38.8 Å². The van der Waals surface area contributed by atoms with Gasteiger partial charge in [-0.2, -0.15) is 11.3 Å². The summed E-state index contributed by atoms with van der Waals surface area (Å²) in [6.45, 7) is 6.80. The van der Waals surface area contributed by atoms with Crippen LogP contribution in [-0.4, -0.2) is 19.3 Å². The Morgan fingerprint density at radius 2 is 2.31 bits per heavy atom. The van der Waals surface area contributed by atoms with E-state index in [2.05, 4.69) is 42.9 Å². The van der Waals surface area contributed by atoms with Gasteiger partial charge in [0.2, 0.25) is 0 Å². The normalized spacial score (nSPS) is 29.8. The van der Waals surface area contributed by atoms with Gasteiger partial charge in [-0.15, -0.1) is 0 Å². The molecule has 1 N–H and O–H groups in total. The summed E-state index contributed by atoms with van der Waals surface area (Å²) in [5, 5.41) is 8.06. The van der Waals surface area contributed by atoms with Gasteiger partial charge in [-0.1, -0.05) is 13.8 Å². The average Bonchev–Trinajstić information content (AvgIpc) is 2.76. The van der Waals surface area contributed by atoms with E-state index in [9.17, 15) is 0 Å². The Kier molecular flexibility index (Phi) is 3.38. The predicted molar refractivity (Wildman–Crippen MR) is 68.9 cm³/mol. The Balaban J connectivity index is 1.92. The monoisotopic (exact) mass is 239 g/mol. The van der Waals surface area contributed by atoms with Crippen LogP contribution in [0.3, 0.4) is 0 Å². The maximum atomic E-state index is 5.47. The standard InChI is InChI=1S/C13H21NOS/c1-9(10-5-6-16-8-10)14-11-7-12(15-4)13(11,2)3/h5-6,8-9,11-12,14H,7H2,1-4H3. The second kappa shape index (κ2) is 4.47. The van der Waals surface area contributed by atoms with Crippen molar-refractivity contribution in [2.45, 2.75) is 45.4 Å². The fourth-order valence-electron chi connectivity index (χ4n) is 2.49. The third kappa shape index (κ3) is 2.04. The van der Waals surface area contributed by atoms with Crippen LogP contribution in [0.15, 0.2) is 16.8 Å². The lowest BCUT2D eigenvalue weighted by molar-refractivity contribution is -0.0999. The van der Waals surface area contributed by atoms with Gasteiger partial charge in [0.1, 0.15) is 0 Å². The highest BCUT2D eigenvalue weighted by atomic mass is 32.1. The summed E-state index contributed by atoms with van der Waals surface area (Å²) in [5.74, 6) is 0. The molecule has 90 valence electrons. The second-order valence-corrected chi connectivity index (χ2v) is 6.06. The molecule has 2 nitrogen and oxygen atoms in total. The van der Waals surface area contributed by atoms with Crippen molar-refractivity contribution in [3.63, 3.8) is 0 Å². The SMILES string of the molecule is COC1CC(NC(C)c2ccsc2)C1(C)C. The minimum absolute atomic E-state index is 0.249. The summed E-state index contributed by atoms with van der Waals surface area (Å²) in [5.41, 5.74) is 1.64. The molecule has 1 aliphatic carbocycles. The van der Waals surface area contributed by atoms with Crippen LogP contribution in [0.2, 0.25) is 0 Å². The van der Waals surface area contributed by atoms with E-state index in [-0.39, 0.29) is 5.41 Å². The summed E-state index contributed by atoms with van der Waals surface area (Å²) in [6.07, 6.45) is 1.53. The highest BCUT2D eigenvalue weighted by Crippen LogP contribution is 2.43. The van der Waals surface area contributed by atoms with Crippen LogP contribution in [0.4, 0.5) is 0 Å². The molecule has 0 amide bonds. The molecule has 3 unspecified atom stereocenters. The Morgan fingerprint density at radius 3 is 2.81 bits per heavy atom. The summed E-state index contributed by atoms with van der Waals surface area (Å²) in [6, 6.07) is 3.20. The highest BCUT2D eigenvalue weighted by Gasteiger charge is 2.48. The molecule has 1 aliphatic rings. The number of nitrogens with one attached hydrogen (secondary N) is 1. The lowest BCUT2D eigenvalue weighted by Gasteiger charge is -2.52. The summed E-state index contributed by atoms with van der Waals surface area (Å²) >= 11 is 1.76. The van der Waals surface area contributed by atoms with Gasteiger partial charge in [0, 0.05) is 24.6 Å². The van der Waals surface area contributed by atoms with Gasteiger partial charge in [-0.25, -0.2) is 0 Å². The largest absolute Gasteiger partial charge is 0.381 e. The Hall–Kier alpha value is -0.380. The van der Waals surface area contributed by atoms with E-state index >= 15 is 0 Å². The molecule has 1 fully saturated rings. The van der Waals surface area contributed by atoms with Crippen LogP contribution in [0, 0.1) is 5.41 Å². The molecule has 1 aromatic heterocycles. The predicted octanol–water partition coefficient (Wildman–Crippen LogP) is 3.21.